The standard InChI is InChI=1S/C20H16N6OS.C15H12BrN5OS/c27-20(17-8-13(5-7-22-17)14-2-1-6-21-10-14)24-15-9-18(28-11-15)19-25-23-12-26(19)16-3-4-16;16-9-3-4-17-12(5-9)15(22)19-10-6-13(23-7-10)14-20-18-8-21(14)11-1-2-11/h1-2,5-12,16H,3-4H2,(H,24,27);3-8,11H,1-2H2,(H,19,22). The first-order valence-corrected chi connectivity index (χ1v) is 18.6. The highest BCUT2D eigenvalue weighted by atomic mass is 79.9. The molecule has 16 heteroatoms. The van der Waals surface area contributed by atoms with E-state index in [1.807, 2.05) is 41.1 Å². The lowest BCUT2D eigenvalue weighted by atomic mass is 10.1. The summed E-state index contributed by atoms with van der Waals surface area (Å²) in [6.45, 7) is 0. The average Bonchev–Trinajstić information content (AvgIpc) is 3.92. The van der Waals surface area contributed by atoms with Crippen LogP contribution in [0.1, 0.15) is 58.7 Å². The van der Waals surface area contributed by atoms with Crippen LogP contribution in [0, 0.1) is 0 Å². The van der Waals surface area contributed by atoms with Crippen molar-refractivity contribution >= 4 is 61.8 Å². The predicted molar refractivity (Wildman–Crippen MR) is 199 cm³/mol. The summed E-state index contributed by atoms with van der Waals surface area (Å²) in [7, 11) is 0. The molecule has 0 unspecified atom stereocenters. The molecule has 0 atom stereocenters. The first-order chi connectivity index (χ1) is 25.0. The van der Waals surface area contributed by atoms with Gasteiger partial charge in [0.25, 0.3) is 11.8 Å². The zero-order valence-electron chi connectivity index (χ0n) is 26.8. The van der Waals surface area contributed by atoms with Crippen molar-refractivity contribution in [1.82, 2.24) is 44.5 Å². The second-order valence-electron chi connectivity index (χ2n) is 11.9. The molecule has 7 heterocycles. The van der Waals surface area contributed by atoms with Gasteiger partial charge in [-0.15, -0.1) is 43.1 Å². The van der Waals surface area contributed by atoms with Crippen LogP contribution in [0.4, 0.5) is 11.4 Å². The number of hydrogen-bond donors (Lipinski definition) is 2. The zero-order valence-corrected chi connectivity index (χ0v) is 30.0. The number of thiophene rings is 2. The van der Waals surface area contributed by atoms with Gasteiger partial charge in [0.15, 0.2) is 11.6 Å². The van der Waals surface area contributed by atoms with Crippen molar-refractivity contribution < 1.29 is 9.59 Å². The summed E-state index contributed by atoms with van der Waals surface area (Å²) in [5.74, 6) is 1.22. The topological polar surface area (TPSA) is 158 Å². The van der Waals surface area contributed by atoms with E-state index in [0.29, 0.717) is 23.5 Å². The van der Waals surface area contributed by atoms with Crippen LogP contribution < -0.4 is 10.6 Å². The predicted octanol–water partition coefficient (Wildman–Crippen LogP) is 7.80. The lowest BCUT2D eigenvalue weighted by Gasteiger charge is -2.05. The van der Waals surface area contributed by atoms with Gasteiger partial charge in [-0.25, -0.2) is 0 Å². The first kappa shape index (κ1) is 32.7. The van der Waals surface area contributed by atoms with E-state index in [9.17, 15) is 9.59 Å². The SMILES string of the molecule is O=C(Nc1csc(-c2nncn2C2CC2)c1)c1cc(-c2cccnc2)ccn1.O=C(Nc1csc(-c2nncn2C2CC2)c1)c1cc(Br)ccn1. The summed E-state index contributed by atoms with van der Waals surface area (Å²) < 4.78 is 5.03. The molecule has 9 rings (SSSR count). The molecule has 2 N–H and O–H groups in total. The number of halogens is 1. The number of pyridine rings is 3. The highest BCUT2D eigenvalue weighted by Crippen LogP contribution is 2.40. The fourth-order valence-corrected chi connectivity index (χ4v) is 7.29. The third-order valence-corrected chi connectivity index (χ3v) is 10.5. The number of aromatic nitrogens is 9. The minimum atomic E-state index is -0.251. The number of rotatable bonds is 9. The van der Waals surface area contributed by atoms with E-state index >= 15 is 0 Å². The molecule has 13 nitrogen and oxygen atoms in total. The van der Waals surface area contributed by atoms with E-state index in [-0.39, 0.29) is 11.8 Å². The highest BCUT2D eigenvalue weighted by Gasteiger charge is 2.28. The molecule has 0 radical (unpaired) electrons. The third kappa shape index (κ3) is 7.67. The summed E-state index contributed by atoms with van der Waals surface area (Å²) in [5, 5.41) is 26.1. The maximum atomic E-state index is 12.7. The number of anilines is 2. The number of amides is 2. The molecule has 0 spiro atoms. The number of hydrogen-bond acceptors (Lipinski definition) is 11. The molecular formula is C35H28BrN11O2S2. The Morgan fingerprint density at radius 3 is 1.80 bits per heavy atom. The Morgan fingerprint density at radius 2 is 1.27 bits per heavy atom. The summed E-state index contributed by atoms with van der Waals surface area (Å²) >= 11 is 6.41. The first-order valence-electron chi connectivity index (χ1n) is 16.1. The highest BCUT2D eigenvalue weighted by molar-refractivity contribution is 9.10. The Balaban J connectivity index is 0.000000150. The molecule has 51 heavy (non-hydrogen) atoms. The minimum Gasteiger partial charge on any atom is -0.320 e. The van der Waals surface area contributed by atoms with Crippen LogP contribution in [-0.4, -0.2) is 56.3 Å². The monoisotopic (exact) mass is 777 g/mol. The van der Waals surface area contributed by atoms with E-state index in [1.54, 1.807) is 55.6 Å². The van der Waals surface area contributed by atoms with Gasteiger partial charge in [-0.1, -0.05) is 22.0 Å². The van der Waals surface area contributed by atoms with Gasteiger partial charge in [-0.05, 0) is 73.7 Å². The van der Waals surface area contributed by atoms with Gasteiger partial charge in [0.05, 0.1) is 21.1 Å². The maximum absolute atomic E-state index is 12.7. The molecule has 0 aromatic carbocycles. The van der Waals surface area contributed by atoms with E-state index < -0.39 is 0 Å². The largest absolute Gasteiger partial charge is 0.320 e. The molecule has 2 saturated carbocycles. The van der Waals surface area contributed by atoms with Gasteiger partial charge in [0.1, 0.15) is 24.0 Å². The Labute approximate surface area is 308 Å². The molecule has 2 amide bonds. The Hall–Kier alpha value is -5.45. The van der Waals surface area contributed by atoms with Crippen LogP contribution in [0.25, 0.3) is 32.5 Å². The van der Waals surface area contributed by atoms with Crippen LogP contribution in [0.5, 0.6) is 0 Å². The smallest absolute Gasteiger partial charge is 0.274 e. The van der Waals surface area contributed by atoms with E-state index in [0.717, 1.165) is 48.4 Å². The molecule has 2 aliphatic rings. The molecule has 2 aliphatic carbocycles. The maximum Gasteiger partial charge on any atom is 0.274 e. The number of nitrogens with zero attached hydrogens (tertiary/aromatic N) is 9. The van der Waals surface area contributed by atoms with E-state index in [2.05, 4.69) is 71.0 Å². The van der Waals surface area contributed by atoms with Crippen molar-refractivity contribution in [2.75, 3.05) is 10.6 Å². The molecule has 7 aromatic rings. The lowest BCUT2D eigenvalue weighted by Crippen LogP contribution is -2.13. The molecular weight excluding hydrogens is 750 g/mol. The second-order valence-corrected chi connectivity index (χ2v) is 14.7. The molecule has 7 aromatic heterocycles. The summed E-state index contributed by atoms with van der Waals surface area (Å²) in [5.41, 5.74) is 4.03. The molecule has 254 valence electrons. The molecule has 0 bridgehead atoms. The van der Waals surface area contributed by atoms with Crippen molar-refractivity contribution in [2.24, 2.45) is 0 Å². The fourth-order valence-electron chi connectivity index (χ4n) is 5.30. The Bertz CT molecular complexity index is 2330. The van der Waals surface area contributed by atoms with Crippen molar-refractivity contribution in [3.63, 3.8) is 0 Å². The third-order valence-electron chi connectivity index (χ3n) is 8.12. The van der Waals surface area contributed by atoms with E-state index in [1.165, 1.54) is 48.4 Å². The van der Waals surface area contributed by atoms with Gasteiger partial charge >= 0.3 is 0 Å². The van der Waals surface area contributed by atoms with Crippen LogP contribution in [0.2, 0.25) is 0 Å². The van der Waals surface area contributed by atoms with E-state index in [4.69, 9.17) is 0 Å². The fraction of sp³-hybridized carbons (Fsp3) is 0.171. The van der Waals surface area contributed by atoms with Crippen LogP contribution in [-0.2, 0) is 0 Å². The minimum absolute atomic E-state index is 0.237. The van der Waals surface area contributed by atoms with Gasteiger partial charge in [0.2, 0.25) is 0 Å². The van der Waals surface area contributed by atoms with Gasteiger partial charge in [-0.2, -0.15) is 0 Å². The zero-order chi connectivity index (χ0) is 34.7. The molecule has 0 saturated heterocycles. The molecule has 0 aliphatic heterocycles. The van der Waals surface area contributed by atoms with Crippen LogP contribution in [0.15, 0.2) is 101 Å². The van der Waals surface area contributed by atoms with Crippen molar-refractivity contribution in [1.29, 1.82) is 0 Å². The number of nitrogens with one attached hydrogen (secondary N) is 2. The van der Waals surface area contributed by atoms with Crippen LogP contribution >= 0.6 is 38.6 Å². The second kappa shape index (κ2) is 14.4. The molecule has 2 fully saturated rings. The average molecular weight is 779 g/mol. The van der Waals surface area contributed by atoms with Crippen molar-refractivity contribution in [2.45, 2.75) is 37.8 Å². The number of carbonyl (C=O) groups is 2. The lowest BCUT2D eigenvalue weighted by molar-refractivity contribution is 0.101. The Morgan fingerprint density at radius 1 is 0.706 bits per heavy atom. The van der Waals surface area contributed by atoms with Gasteiger partial charge < -0.3 is 19.8 Å². The van der Waals surface area contributed by atoms with Gasteiger partial charge in [-0.3, -0.25) is 24.5 Å². The van der Waals surface area contributed by atoms with Gasteiger partial charge in [0, 0.05) is 57.7 Å². The van der Waals surface area contributed by atoms with Crippen molar-refractivity contribution in [3.05, 3.63) is 113 Å². The van der Waals surface area contributed by atoms with Crippen molar-refractivity contribution in [3.8, 4) is 32.5 Å². The van der Waals surface area contributed by atoms with Crippen LogP contribution in [0.3, 0.4) is 0 Å². The summed E-state index contributed by atoms with van der Waals surface area (Å²) in [4.78, 5) is 39.3. The normalized spacial score (nSPS) is 13.7. The Kier molecular flexibility index (Phi) is 9.26. The number of carbonyl (C=O) groups excluding carboxylic acids is 2. The summed E-state index contributed by atoms with van der Waals surface area (Å²) in [6.07, 6.45) is 14.9. The quantitative estimate of drug-likeness (QED) is 0.149. The summed E-state index contributed by atoms with van der Waals surface area (Å²) in [6, 6.07) is 15.8.